The monoisotopic (exact) mass is 483 g/mol. The lowest BCUT2D eigenvalue weighted by Crippen LogP contribution is -2.32. The van der Waals surface area contributed by atoms with Crippen LogP contribution in [-0.2, 0) is 9.59 Å². The molecule has 0 aliphatic rings. The van der Waals surface area contributed by atoms with Gasteiger partial charge in [0.1, 0.15) is 5.75 Å². The van der Waals surface area contributed by atoms with Gasteiger partial charge in [-0.15, -0.1) is 0 Å². The van der Waals surface area contributed by atoms with E-state index in [1.165, 1.54) is 24.4 Å². The van der Waals surface area contributed by atoms with Crippen molar-refractivity contribution in [3.63, 3.8) is 0 Å². The molecule has 0 bridgehead atoms. The molecule has 0 aromatic heterocycles. The molecule has 0 fully saturated rings. The standard InChI is InChI=1S/C21H14ClN5O7/c22-14-4-2-5-15(10-14)24-20(28)21(29)25-23-12-13-3-1-6-17(9-13)34-19-8-7-16(26(30)31)11-18(19)27(32)33/h1-12H,(H,24,28)(H,25,29). The summed E-state index contributed by atoms with van der Waals surface area (Å²) >= 11 is 5.82. The van der Waals surface area contributed by atoms with Crippen LogP contribution < -0.4 is 15.5 Å². The number of anilines is 1. The van der Waals surface area contributed by atoms with E-state index in [1.807, 2.05) is 0 Å². The second kappa shape index (κ2) is 10.7. The van der Waals surface area contributed by atoms with Crippen molar-refractivity contribution in [1.29, 1.82) is 0 Å². The SMILES string of the molecule is O=C(NN=Cc1cccc(Oc2ccc([N+](=O)[O-])cc2[N+](=O)[O-])c1)C(=O)Nc1cccc(Cl)c1. The lowest BCUT2D eigenvalue weighted by Gasteiger charge is -2.07. The van der Waals surface area contributed by atoms with E-state index in [9.17, 15) is 29.8 Å². The largest absolute Gasteiger partial charge is 0.450 e. The molecule has 13 heteroatoms. The summed E-state index contributed by atoms with van der Waals surface area (Å²) in [7, 11) is 0. The van der Waals surface area contributed by atoms with Crippen molar-refractivity contribution < 1.29 is 24.2 Å². The smallest absolute Gasteiger partial charge is 0.329 e. The predicted octanol–water partition coefficient (Wildman–Crippen LogP) is 4.04. The predicted molar refractivity (Wildman–Crippen MR) is 122 cm³/mol. The zero-order chi connectivity index (χ0) is 24.7. The first-order chi connectivity index (χ1) is 16.2. The van der Waals surface area contributed by atoms with Gasteiger partial charge in [-0.1, -0.05) is 29.8 Å². The van der Waals surface area contributed by atoms with E-state index in [2.05, 4.69) is 15.8 Å². The number of hydrogen-bond donors (Lipinski definition) is 2. The van der Waals surface area contributed by atoms with E-state index in [1.54, 1.807) is 30.3 Å². The second-order valence-electron chi connectivity index (χ2n) is 6.50. The second-order valence-corrected chi connectivity index (χ2v) is 6.94. The molecule has 0 atom stereocenters. The Kier molecular flexibility index (Phi) is 7.46. The fraction of sp³-hybridized carbons (Fsp3) is 0. The minimum Gasteiger partial charge on any atom is -0.450 e. The van der Waals surface area contributed by atoms with Crippen molar-refractivity contribution in [2.45, 2.75) is 0 Å². The molecule has 3 aromatic carbocycles. The van der Waals surface area contributed by atoms with E-state index in [-0.39, 0.29) is 11.5 Å². The molecule has 0 aliphatic carbocycles. The summed E-state index contributed by atoms with van der Waals surface area (Å²) in [6, 6.07) is 15.3. The van der Waals surface area contributed by atoms with Crippen LogP contribution in [0.15, 0.2) is 71.8 Å². The van der Waals surface area contributed by atoms with Gasteiger partial charge in [0.25, 0.3) is 5.69 Å². The maximum Gasteiger partial charge on any atom is 0.329 e. The first-order valence-electron chi connectivity index (χ1n) is 9.33. The first kappa shape index (κ1) is 23.8. The summed E-state index contributed by atoms with van der Waals surface area (Å²) in [5.74, 6) is -2.01. The molecule has 2 amide bonds. The number of nitrogens with zero attached hydrogens (tertiary/aromatic N) is 3. The highest BCUT2D eigenvalue weighted by molar-refractivity contribution is 6.39. The zero-order valence-corrected chi connectivity index (χ0v) is 17.8. The van der Waals surface area contributed by atoms with Crippen LogP contribution in [0.5, 0.6) is 11.5 Å². The number of carbonyl (C=O) groups excluding carboxylic acids is 2. The Hall–Kier alpha value is -4.84. The van der Waals surface area contributed by atoms with E-state index in [0.29, 0.717) is 16.3 Å². The Morgan fingerprint density at radius 1 is 0.941 bits per heavy atom. The number of non-ortho nitro benzene ring substituents is 1. The Labute approximate surface area is 196 Å². The van der Waals surface area contributed by atoms with Gasteiger partial charge in [-0.25, -0.2) is 5.43 Å². The van der Waals surface area contributed by atoms with Gasteiger partial charge >= 0.3 is 17.5 Å². The van der Waals surface area contributed by atoms with Crippen LogP contribution in [0.4, 0.5) is 17.1 Å². The molecule has 0 heterocycles. The summed E-state index contributed by atoms with van der Waals surface area (Å²) in [6.45, 7) is 0. The third-order valence-corrected chi connectivity index (χ3v) is 4.34. The minimum atomic E-state index is -1.02. The van der Waals surface area contributed by atoms with E-state index in [4.69, 9.17) is 16.3 Å². The number of amides is 2. The van der Waals surface area contributed by atoms with Crippen LogP contribution in [0.3, 0.4) is 0 Å². The molecule has 0 radical (unpaired) electrons. The molecule has 0 saturated heterocycles. The molecule has 3 aromatic rings. The van der Waals surface area contributed by atoms with E-state index < -0.39 is 33.0 Å². The normalized spacial score (nSPS) is 10.5. The van der Waals surface area contributed by atoms with Crippen molar-refractivity contribution >= 4 is 46.7 Å². The molecule has 0 spiro atoms. The number of nitro benzene ring substituents is 2. The lowest BCUT2D eigenvalue weighted by molar-refractivity contribution is -0.394. The lowest BCUT2D eigenvalue weighted by atomic mass is 10.2. The van der Waals surface area contributed by atoms with E-state index >= 15 is 0 Å². The maximum atomic E-state index is 11.9. The van der Waals surface area contributed by atoms with Gasteiger partial charge < -0.3 is 10.1 Å². The highest BCUT2D eigenvalue weighted by Crippen LogP contribution is 2.34. The molecule has 2 N–H and O–H groups in total. The van der Waals surface area contributed by atoms with Crippen LogP contribution in [0.2, 0.25) is 5.02 Å². The average Bonchev–Trinajstić information content (AvgIpc) is 2.79. The van der Waals surface area contributed by atoms with Crippen molar-refractivity contribution in [2.24, 2.45) is 5.10 Å². The van der Waals surface area contributed by atoms with Gasteiger partial charge in [-0.05, 0) is 42.0 Å². The molecule has 12 nitrogen and oxygen atoms in total. The van der Waals surface area contributed by atoms with Crippen molar-refractivity contribution in [3.05, 3.63) is 97.5 Å². The number of halogens is 1. The zero-order valence-electron chi connectivity index (χ0n) is 17.0. The number of nitro groups is 2. The Morgan fingerprint density at radius 2 is 1.71 bits per heavy atom. The molecule has 172 valence electrons. The molecule has 0 aliphatic heterocycles. The number of rotatable bonds is 7. The first-order valence-corrected chi connectivity index (χ1v) is 9.71. The van der Waals surface area contributed by atoms with Crippen LogP contribution >= 0.6 is 11.6 Å². The molecule has 34 heavy (non-hydrogen) atoms. The topological polar surface area (TPSA) is 166 Å². The molecular weight excluding hydrogens is 470 g/mol. The summed E-state index contributed by atoms with van der Waals surface area (Å²) in [5.41, 5.74) is 1.80. The average molecular weight is 484 g/mol. The molecule has 0 saturated carbocycles. The molecule has 3 rings (SSSR count). The fourth-order valence-electron chi connectivity index (χ4n) is 2.60. The summed E-state index contributed by atoms with van der Waals surface area (Å²) in [6.07, 6.45) is 1.22. The van der Waals surface area contributed by atoms with Gasteiger partial charge in [0, 0.05) is 16.8 Å². The Bertz CT molecular complexity index is 1310. The van der Waals surface area contributed by atoms with Crippen LogP contribution in [0.25, 0.3) is 0 Å². The fourth-order valence-corrected chi connectivity index (χ4v) is 2.79. The number of ether oxygens (including phenoxy) is 1. The van der Waals surface area contributed by atoms with Crippen LogP contribution in [-0.4, -0.2) is 27.9 Å². The number of carbonyl (C=O) groups is 2. The number of benzene rings is 3. The highest BCUT2D eigenvalue weighted by Gasteiger charge is 2.21. The minimum absolute atomic E-state index is 0.172. The molecular formula is C21H14ClN5O7. The van der Waals surface area contributed by atoms with Gasteiger partial charge in [0.2, 0.25) is 5.75 Å². The Balaban J connectivity index is 1.65. The van der Waals surface area contributed by atoms with Gasteiger partial charge in [-0.2, -0.15) is 5.10 Å². The quantitative estimate of drug-likeness (QED) is 0.221. The van der Waals surface area contributed by atoms with Crippen LogP contribution in [0, 0.1) is 20.2 Å². The third kappa shape index (κ3) is 6.34. The summed E-state index contributed by atoms with van der Waals surface area (Å²) in [4.78, 5) is 44.4. The maximum absolute atomic E-state index is 11.9. The van der Waals surface area contributed by atoms with Crippen molar-refractivity contribution in [3.8, 4) is 11.5 Å². The van der Waals surface area contributed by atoms with Crippen molar-refractivity contribution in [2.75, 3.05) is 5.32 Å². The molecule has 0 unspecified atom stereocenters. The Morgan fingerprint density at radius 3 is 2.41 bits per heavy atom. The number of hydrogen-bond acceptors (Lipinski definition) is 8. The summed E-state index contributed by atoms with van der Waals surface area (Å²) in [5, 5.41) is 28.6. The van der Waals surface area contributed by atoms with Gasteiger partial charge in [-0.3, -0.25) is 29.8 Å². The number of nitrogens with one attached hydrogen (secondary N) is 2. The van der Waals surface area contributed by atoms with Crippen LogP contribution in [0.1, 0.15) is 5.56 Å². The third-order valence-electron chi connectivity index (χ3n) is 4.10. The highest BCUT2D eigenvalue weighted by atomic mass is 35.5. The van der Waals surface area contributed by atoms with Gasteiger partial charge in [0.15, 0.2) is 0 Å². The van der Waals surface area contributed by atoms with E-state index in [0.717, 1.165) is 18.2 Å². The van der Waals surface area contributed by atoms with Gasteiger partial charge in [0.05, 0.1) is 22.1 Å². The summed E-state index contributed by atoms with van der Waals surface area (Å²) < 4.78 is 5.50. The number of hydrazone groups is 1. The van der Waals surface area contributed by atoms with Crippen molar-refractivity contribution in [1.82, 2.24) is 5.43 Å².